The van der Waals surface area contributed by atoms with E-state index in [-0.39, 0.29) is 28.5 Å². The van der Waals surface area contributed by atoms with Gasteiger partial charge in [0.15, 0.2) is 9.84 Å². The first kappa shape index (κ1) is 20.9. The Morgan fingerprint density at radius 3 is 2.19 bits per heavy atom. The highest BCUT2D eigenvalue weighted by Crippen LogP contribution is 2.19. The molecule has 2 aromatic rings. The maximum absolute atomic E-state index is 12.5. The molecule has 0 atom stereocenters. The van der Waals surface area contributed by atoms with Gasteiger partial charge in [-0.15, -0.1) is 0 Å². The Morgan fingerprint density at radius 1 is 0.963 bits per heavy atom. The number of hydrogen-bond acceptors (Lipinski definition) is 5. The van der Waals surface area contributed by atoms with E-state index >= 15 is 0 Å². The Kier molecular flexibility index (Phi) is 6.61. The molecule has 0 heterocycles. The zero-order chi connectivity index (χ0) is 20.1. The van der Waals surface area contributed by atoms with Crippen LogP contribution in [0.2, 0.25) is 0 Å². The molecular formula is C18H22N2O5S2. The molecule has 0 aliphatic heterocycles. The molecule has 0 aliphatic carbocycles. The lowest BCUT2D eigenvalue weighted by Crippen LogP contribution is -2.29. The molecule has 0 fully saturated rings. The molecular weight excluding hydrogens is 388 g/mol. The molecule has 9 heteroatoms. The zero-order valence-corrected chi connectivity index (χ0v) is 16.7. The lowest BCUT2D eigenvalue weighted by Gasteiger charge is -2.11. The summed E-state index contributed by atoms with van der Waals surface area (Å²) in [6.45, 7) is 3.34. The van der Waals surface area contributed by atoms with Crippen LogP contribution >= 0.6 is 0 Å². The van der Waals surface area contributed by atoms with Crippen molar-refractivity contribution in [2.24, 2.45) is 0 Å². The molecule has 1 amide bonds. The van der Waals surface area contributed by atoms with Gasteiger partial charge >= 0.3 is 0 Å². The largest absolute Gasteiger partial charge is 0.351 e. The highest BCUT2D eigenvalue weighted by molar-refractivity contribution is 7.92. The minimum atomic E-state index is -3.78. The first-order valence-electron chi connectivity index (χ1n) is 8.32. The first-order valence-corrected chi connectivity index (χ1v) is 11.6. The van der Waals surface area contributed by atoms with Crippen LogP contribution in [0.3, 0.4) is 0 Å². The summed E-state index contributed by atoms with van der Waals surface area (Å²) in [4.78, 5) is 12.1. The Labute approximate surface area is 159 Å². The molecule has 0 bridgehead atoms. The lowest BCUT2D eigenvalue weighted by atomic mass is 10.2. The normalized spacial score (nSPS) is 11.8. The van der Waals surface area contributed by atoms with Gasteiger partial charge in [0.2, 0.25) is 0 Å². The minimum Gasteiger partial charge on any atom is -0.351 e. The number of para-hydroxylation sites is 1. The van der Waals surface area contributed by atoms with Crippen molar-refractivity contribution in [2.45, 2.75) is 18.7 Å². The van der Waals surface area contributed by atoms with Crippen LogP contribution < -0.4 is 10.0 Å². The Hall–Kier alpha value is -2.39. The topological polar surface area (TPSA) is 109 Å². The quantitative estimate of drug-likeness (QED) is 0.691. The van der Waals surface area contributed by atoms with Gasteiger partial charge in [0, 0.05) is 17.9 Å². The maximum Gasteiger partial charge on any atom is 0.261 e. The van der Waals surface area contributed by atoms with Gasteiger partial charge in [0.1, 0.15) is 0 Å². The number of benzene rings is 2. The van der Waals surface area contributed by atoms with Gasteiger partial charge in [-0.1, -0.05) is 25.1 Å². The van der Waals surface area contributed by atoms with Crippen LogP contribution in [0.1, 0.15) is 22.8 Å². The standard InChI is InChI=1S/C18H22N2O5S2/c1-3-26(22,23)13-12-19-18(21)15-8-10-16(11-9-15)27(24,25)20-17-7-5-4-6-14(17)2/h4-11,20H,3,12-13H2,1-2H3,(H,19,21). The molecule has 0 aromatic heterocycles. The Balaban J connectivity index is 2.05. The summed E-state index contributed by atoms with van der Waals surface area (Å²) in [5, 5.41) is 2.51. The molecule has 0 saturated heterocycles. The molecule has 2 rings (SSSR count). The van der Waals surface area contributed by atoms with E-state index in [4.69, 9.17) is 0 Å². The molecule has 0 unspecified atom stereocenters. The van der Waals surface area contributed by atoms with Gasteiger partial charge in [0.25, 0.3) is 15.9 Å². The lowest BCUT2D eigenvalue weighted by molar-refractivity contribution is 0.0956. The molecule has 0 aliphatic rings. The van der Waals surface area contributed by atoms with Gasteiger partial charge in [-0.05, 0) is 42.8 Å². The van der Waals surface area contributed by atoms with E-state index < -0.39 is 25.8 Å². The van der Waals surface area contributed by atoms with E-state index in [1.165, 1.54) is 24.3 Å². The van der Waals surface area contributed by atoms with Crippen LogP contribution in [0, 0.1) is 6.92 Å². The second-order valence-corrected chi connectivity index (χ2v) is 10.1. The number of nitrogens with one attached hydrogen (secondary N) is 2. The summed E-state index contributed by atoms with van der Waals surface area (Å²) >= 11 is 0. The highest BCUT2D eigenvalue weighted by Gasteiger charge is 2.16. The Morgan fingerprint density at radius 2 is 1.59 bits per heavy atom. The van der Waals surface area contributed by atoms with Gasteiger partial charge in [-0.2, -0.15) is 0 Å². The summed E-state index contributed by atoms with van der Waals surface area (Å²) in [5.74, 6) is -0.581. The summed E-state index contributed by atoms with van der Waals surface area (Å²) in [6.07, 6.45) is 0. The smallest absolute Gasteiger partial charge is 0.261 e. The number of sulfonamides is 1. The number of aryl methyl sites for hydroxylation is 1. The fourth-order valence-electron chi connectivity index (χ4n) is 2.24. The summed E-state index contributed by atoms with van der Waals surface area (Å²) in [5.41, 5.74) is 1.52. The second-order valence-electron chi connectivity index (χ2n) is 5.94. The average Bonchev–Trinajstić information content (AvgIpc) is 2.63. The third-order valence-corrected chi connectivity index (χ3v) is 7.04. The molecule has 27 heavy (non-hydrogen) atoms. The van der Waals surface area contributed by atoms with Gasteiger partial charge < -0.3 is 5.32 Å². The van der Waals surface area contributed by atoms with E-state index in [1.807, 2.05) is 6.07 Å². The number of carbonyl (C=O) groups excluding carboxylic acids is 1. The number of rotatable bonds is 8. The number of carbonyl (C=O) groups is 1. The monoisotopic (exact) mass is 410 g/mol. The summed E-state index contributed by atoms with van der Waals surface area (Å²) in [7, 11) is -6.94. The van der Waals surface area contributed by atoms with Crippen LogP contribution in [-0.2, 0) is 19.9 Å². The van der Waals surface area contributed by atoms with Crippen molar-refractivity contribution in [3.63, 3.8) is 0 Å². The second kappa shape index (κ2) is 8.53. The van der Waals surface area contributed by atoms with E-state index in [9.17, 15) is 21.6 Å². The fraction of sp³-hybridized carbons (Fsp3) is 0.278. The van der Waals surface area contributed by atoms with Crippen LogP contribution in [-0.4, -0.2) is 40.8 Å². The van der Waals surface area contributed by atoms with Crippen LogP contribution in [0.4, 0.5) is 5.69 Å². The van der Waals surface area contributed by atoms with E-state index in [0.29, 0.717) is 5.69 Å². The number of anilines is 1. The zero-order valence-electron chi connectivity index (χ0n) is 15.1. The summed E-state index contributed by atoms with van der Waals surface area (Å²) in [6, 6.07) is 12.4. The number of amides is 1. The van der Waals surface area contributed by atoms with Crippen LogP contribution in [0.15, 0.2) is 53.4 Å². The number of hydrogen-bond donors (Lipinski definition) is 2. The minimum absolute atomic E-state index is 0.00387. The third-order valence-electron chi connectivity index (χ3n) is 3.95. The number of sulfone groups is 1. The van der Waals surface area contributed by atoms with Gasteiger partial charge in [-0.3, -0.25) is 9.52 Å². The first-order chi connectivity index (χ1) is 12.6. The van der Waals surface area contributed by atoms with Crippen molar-refractivity contribution in [3.8, 4) is 0 Å². The predicted octanol–water partition coefficient (Wildman–Crippen LogP) is 1.96. The average molecular weight is 411 g/mol. The highest BCUT2D eigenvalue weighted by atomic mass is 32.2. The SMILES string of the molecule is CCS(=O)(=O)CCNC(=O)c1ccc(S(=O)(=O)Nc2ccccc2C)cc1. The summed E-state index contributed by atoms with van der Waals surface area (Å²) < 4.78 is 50.3. The van der Waals surface area contributed by atoms with Crippen LogP contribution in [0.25, 0.3) is 0 Å². The van der Waals surface area contributed by atoms with Crippen LogP contribution in [0.5, 0.6) is 0 Å². The fourth-order valence-corrected chi connectivity index (χ4v) is 4.08. The van der Waals surface area contributed by atoms with E-state index in [1.54, 1.807) is 32.0 Å². The molecule has 146 valence electrons. The van der Waals surface area contributed by atoms with Crippen molar-refractivity contribution in [2.75, 3.05) is 22.8 Å². The van der Waals surface area contributed by atoms with Gasteiger partial charge in [0.05, 0.1) is 16.3 Å². The maximum atomic E-state index is 12.5. The van der Waals surface area contributed by atoms with E-state index in [2.05, 4.69) is 10.0 Å². The molecule has 0 spiro atoms. The molecule has 2 N–H and O–H groups in total. The third kappa shape index (κ3) is 5.80. The predicted molar refractivity (Wildman–Crippen MR) is 105 cm³/mol. The molecule has 0 saturated carbocycles. The van der Waals surface area contributed by atoms with Crippen molar-refractivity contribution in [3.05, 3.63) is 59.7 Å². The molecule has 2 aromatic carbocycles. The Bertz CT molecular complexity index is 1010. The van der Waals surface area contributed by atoms with Crippen molar-refractivity contribution in [1.29, 1.82) is 0 Å². The van der Waals surface area contributed by atoms with E-state index in [0.717, 1.165) is 5.56 Å². The van der Waals surface area contributed by atoms with Crippen molar-refractivity contribution in [1.82, 2.24) is 5.32 Å². The van der Waals surface area contributed by atoms with Crippen molar-refractivity contribution < 1.29 is 21.6 Å². The van der Waals surface area contributed by atoms with Gasteiger partial charge in [-0.25, -0.2) is 16.8 Å². The van der Waals surface area contributed by atoms with Crippen molar-refractivity contribution >= 4 is 31.5 Å². The molecule has 0 radical (unpaired) electrons. The molecule has 7 nitrogen and oxygen atoms in total.